The topological polar surface area (TPSA) is 76.5 Å². The van der Waals surface area contributed by atoms with Gasteiger partial charge >= 0.3 is 5.97 Å². The highest BCUT2D eigenvalue weighted by atomic mass is 35.5. The average Bonchev–Trinajstić information content (AvgIpc) is 2.81. The molecule has 0 unspecified atom stereocenters. The molecule has 0 amide bonds. The number of aliphatic carboxylic acids is 1. The van der Waals surface area contributed by atoms with E-state index in [0.29, 0.717) is 21.6 Å². The fourth-order valence-electron chi connectivity index (χ4n) is 1.65. The van der Waals surface area contributed by atoms with E-state index < -0.39 is 12.0 Å². The summed E-state index contributed by atoms with van der Waals surface area (Å²) in [7, 11) is 0. The van der Waals surface area contributed by atoms with Gasteiger partial charge in [0, 0.05) is 5.56 Å². The Bertz CT molecular complexity index is 610. The molecule has 0 aliphatic rings. The van der Waals surface area contributed by atoms with Gasteiger partial charge in [0.15, 0.2) is 0 Å². The Morgan fingerprint density at radius 1 is 1.26 bits per heavy atom. The minimum absolute atomic E-state index is 0.186. The lowest BCUT2D eigenvalue weighted by Crippen LogP contribution is -2.14. The normalized spacial score (nSPS) is 12.4. The zero-order valence-corrected chi connectivity index (χ0v) is 11.3. The van der Waals surface area contributed by atoms with Crippen LogP contribution in [-0.4, -0.2) is 11.1 Å². The van der Waals surface area contributed by atoms with Crippen LogP contribution in [0.5, 0.6) is 0 Å². The molecule has 100 valence electrons. The summed E-state index contributed by atoms with van der Waals surface area (Å²) in [5, 5.41) is 9.56. The molecule has 0 fully saturated rings. The highest BCUT2D eigenvalue weighted by Crippen LogP contribution is 2.30. The van der Waals surface area contributed by atoms with E-state index in [1.807, 2.05) is 0 Å². The number of hydrogen-bond acceptors (Lipinski definition) is 3. The molecule has 0 aliphatic carbocycles. The third-order valence-electron chi connectivity index (χ3n) is 2.59. The quantitative estimate of drug-likeness (QED) is 0.902. The van der Waals surface area contributed by atoms with Gasteiger partial charge in [0.2, 0.25) is 0 Å². The molecule has 19 heavy (non-hydrogen) atoms. The van der Waals surface area contributed by atoms with Crippen molar-refractivity contribution in [2.75, 3.05) is 0 Å². The van der Waals surface area contributed by atoms with Gasteiger partial charge in [0.1, 0.15) is 11.5 Å². The van der Waals surface area contributed by atoms with Crippen LogP contribution in [0.25, 0.3) is 11.3 Å². The predicted molar refractivity (Wildman–Crippen MR) is 73.3 cm³/mol. The Hall–Kier alpha value is -1.49. The number of carboxylic acids is 1. The van der Waals surface area contributed by atoms with Gasteiger partial charge in [0.05, 0.1) is 22.5 Å². The van der Waals surface area contributed by atoms with E-state index in [1.54, 1.807) is 30.3 Å². The van der Waals surface area contributed by atoms with Crippen LogP contribution in [0.2, 0.25) is 10.0 Å². The number of rotatable bonds is 4. The van der Waals surface area contributed by atoms with Crippen LogP contribution in [0, 0.1) is 0 Å². The summed E-state index contributed by atoms with van der Waals surface area (Å²) >= 11 is 11.8. The SMILES string of the molecule is N[C@@H](CC(=O)O)c1ccc(-c2ccc(Cl)c(Cl)c2)o1. The summed E-state index contributed by atoms with van der Waals surface area (Å²) < 4.78 is 5.54. The van der Waals surface area contributed by atoms with E-state index in [2.05, 4.69) is 0 Å². The second kappa shape index (κ2) is 5.65. The molecule has 3 N–H and O–H groups in total. The fraction of sp³-hybridized carbons (Fsp3) is 0.154. The molecule has 2 aromatic rings. The molecule has 0 saturated carbocycles. The summed E-state index contributed by atoms with van der Waals surface area (Å²) in [6, 6.07) is 7.81. The molecule has 0 bridgehead atoms. The Morgan fingerprint density at radius 3 is 2.63 bits per heavy atom. The van der Waals surface area contributed by atoms with Crippen molar-refractivity contribution in [3.05, 3.63) is 46.1 Å². The first kappa shape index (κ1) is 13.9. The molecule has 6 heteroatoms. The monoisotopic (exact) mass is 299 g/mol. The van der Waals surface area contributed by atoms with Gasteiger partial charge in [-0.2, -0.15) is 0 Å². The van der Waals surface area contributed by atoms with Crippen LogP contribution < -0.4 is 5.73 Å². The minimum atomic E-state index is -0.972. The molecule has 0 radical (unpaired) electrons. The highest BCUT2D eigenvalue weighted by Gasteiger charge is 2.15. The number of halogens is 2. The van der Waals surface area contributed by atoms with Crippen molar-refractivity contribution in [3.8, 4) is 11.3 Å². The highest BCUT2D eigenvalue weighted by molar-refractivity contribution is 6.42. The van der Waals surface area contributed by atoms with Crippen molar-refractivity contribution in [1.29, 1.82) is 0 Å². The Labute approximate surface area is 119 Å². The van der Waals surface area contributed by atoms with Gasteiger partial charge in [-0.15, -0.1) is 0 Å². The molecule has 2 rings (SSSR count). The number of furan rings is 1. The zero-order valence-electron chi connectivity index (χ0n) is 9.77. The third-order valence-corrected chi connectivity index (χ3v) is 3.33. The standard InChI is InChI=1S/C13H11Cl2NO3/c14-8-2-1-7(5-9(8)15)11-3-4-12(19-11)10(16)6-13(17)18/h1-5,10H,6,16H2,(H,17,18)/t10-/m0/s1. The van der Waals surface area contributed by atoms with Gasteiger partial charge in [-0.25, -0.2) is 0 Å². The molecule has 1 aromatic carbocycles. The lowest BCUT2D eigenvalue weighted by molar-refractivity contribution is -0.137. The molecule has 0 saturated heterocycles. The van der Waals surface area contributed by atoms with Crippen LogP contribution in [0.15, 0.2) is 34.7 Å². The van der Waals surface area contributed by atoms with Gasteiger partial charge in [-0.3, -0.25) is 4.79 Å². The molecule has 0 spiro atoms. The van der Waals surface area contributed by atoms with E-state index in [0.717, 1.165) is 5.56 Å². The maximum atomic E-state index is 10.6. The first-order valence-corrected chi connectivity index (χ1v) is 6.25. The van der Waals surface area contributed by atoms with Crippen molar-refractivity contribution in [3.63, 3.8) is 0 Å². The van der Waals surface area contributed by atoms with E-state index >= 15 is 0 Å². The molecule has 1 aromatic heterocycles. The summed E-state index contributed by atoms with van der Waals surface area (Å²) in [6.45, 7) is 0. The van der Waals surface area contributed by atoms with Crippen LogP contribution in [-0.2, 0) is 4.79 Å². The second-order valence-corrected chi connectivity index (χ2v) is 4.85. The summed E-state index contributed by atoms with van der Waals surface area (Å²) in [6.07, 6.45) is -0.186. The second-order valence-electron chi connectivity index (χ2n) is 4.04. The predicted octanol–water partition coefficient (Wildman–Crippen LogP) is 3.73. The number of nitrogens with two attached hydrogens (primary N) is 1. The van der Waals surface area contributed by atoms with Gasteiger partial charge in [0.25, 0.3) is 0 Å². The van der Waals surface area contributed by atoms with Crippen LogP contribution in [0.3, 0.4) is 0 Å². The molecule has 0 aliphatic heterocycles. The lowest BCUT2D eigenvalue weighted by atomic mass is 10.1. The maximum Gasteiger partial charge on any atom is 0.305 e. The fourth-order valence-corrected chi connectivity index (χ4v) is 1.94. The largest absolute Gasteiger partial charge is 0.481 e. The van der Waals surface area contributed by atoms with Crippen molar-refractivity contribution in [2.45, 2.75) is 12.5 Å². The number of benzene rings is 1. The van der Waals surface area contributed by atoms with E-state index in [9.17, 15) is 4.79 Å². The lowest BCUT2D eigenvalue weighted by Gasteiger charge is -2.05. The Morgan fingerprint density at radius 2 is 2.00 bits per heavy atom. The van der Waals surface area contributed by atoms with Crippen LogP contribution in [0.1, 0.15) is 18.2 Å². The summed E-state index contributed by atoms with van der Waals surface area (Å²) in [5.74, 6) is 0.0119. The van der Waals surface area contributed by atoms with Crippen molar-refractivity contribution in [1.82, 2.24) is 0 Å². The molecular weight excluding hydrogens is 289 g/mol. The molecule has 1 atom stereocenters. The first-order valence-electron chi connectivity index (χ1n) is 5.50. The van der Waals surface area contributed by atoms with Gasteiger partial charge in [-0.1, -0.05) is 23.2 Å². The van der Waals surface area contributed by atoms with Crippen molar-refractivity contribution in [2.24, 2.45) is 5.73 Å². The van der Waals surface area contributed by atoms with E-state index in [1.165, 1.54) is 0 Å². The average molecular weight is 300 g/mol. The minimum Gasteiger partial charge on any atom is -0.481 e. The Balaban J connectivity index is 2.25. The summed E-state index contributed by atoms with van der Waals surface area (Å²) in [4.78, 5) is 10.6. The maximum absolute atomic E-state index is 10.6. The molecule has 1 heterocycles. The zero-order chi connectivity index (χ0) is 14.0. The van der Waals surface area contributed by atoms with Crippen LogP contribution >= 0.6 is 23.2 Å². The first-order chi connectivity index (χ1) is 8.97. The number of carboxylic acid groups (broad SMARTS) is 1. The third kappa shape index (κ3) is 3.29. The molecule has 4 nitrogen and oxygen atoms in total. The van der Waals surface area contributed by atoms with E-state index in [-0.39, 0.29) is 6.42 Å². The van der Waals surface area contributed by atoms with E-state index in [4.69, 9.17) is 38.5 Å². The number of carbonyl (C=O) groups is 1. The van der Waals surface area contributed by atoms with Crippen LogP contribution in [0.4, 0.5) is 0 Å². The van der Waals surface area contributed by atoms with Crippen molar-refractivity contribution >= 4 is 29.2 Å². The van der Waals surface area contributed by atoms with Crippen molar-refractivity contribution < 1.29 is 14.3 Å². The summed E-state index contributed by atoms with van der Waals surface area (Å²) in [5.41, 5.74) is 6.47. The Kier molecular flexibility index (Phi) is 4.14. The number of hydrogen-bond donors (Lipinski definition) is 2. The smallest absolute Gasteiger partial charge is 0.305 e. The molecular formula is C13H11Cl2NO3. The van der Waals surface area contributed by atoms with Gasteiger partial charge < -0.3 is 15.3 Å². The van der Waals surface area contributed by atoms with Gasteiger partial charge in [-0.05, 0) is 30.3 Å².